The molecule has 0 amide bonds. The monoisotopic (exact) mass is 336 g/mol. The number of rotatable bonds is 4. The summed E-state index contributed by atoms with van der Waals surface area (Å²) in [4.78, 5) is 12.8. The van der Waals surface area contributed by atoms with Gasteiger partial charge in [-0.15, -0.1) is 0 Å². The van der Waals surface area contributed by atoms with E-state index in [0.717, 1.165) is 17.0 Å². The predicted molar refractivity (Wildman–Crippen MR) is 91.1 cm³/mol. The summed E-state index contributed by atoms with van der Waals surface area (Å²) < 4.78 is 20.5. The Bertz CT molecular complexity index is 888. The van der Waals surface area contributed by atoms with Gasteiger partial charge in [-0.25, -0.2) is 4.39 Å². The first-order valence-corrected chi connectivity index (χ1v) is 8.25. The van der Waals surface area contributed by atoms with Gasteiger partial charge < -0.3 is 4.74 Å². The highest BCUT2D eigenvalue weighted by molar-refractivity contribution is 6.00. The number of nitrogens with zero attached hydrogens (tertiary/aromatic N) is 2. The number of ketones is 1. The van der Waals surface area contributed by atoms with Gasteiger partial charge in [-0.3, -0.25) is 9.48 Å². The lowest BCUT2D eigenvalue weighted by Gasteiger charge is -2.22. The van der Waals surface area contributed by atoms with Crippen LogP contribution >= 0.6 is 0 Å². The standard InChI is InChI=1S/C20H17FN2O2/c21-15-8-6-14(7-9-15)18-10-11-23-19(20(18)24)12-16(22-23)13-25-17-4-2-1-3-5-17/h1-9,12,18H,10-11,13H2. The van der Waals surface area contributed by atoms with E-state index in [0.29, 0.717) is 25.3 Å². The zero-order chi connectivity index (χ0) is 17.2. The van der Waals surface area contributed by atoms with Crippen LogP contribution in [0.4, 0.5) is 4.39 Å². The fourth-order valence-corrected chi connectivity index (χ4v) is 3.16. The van der Waals surface area contributed by atoms with Gasteiger partial charge in [-0.2, -0.15) is 5.10 Å². The van der Waals surface area contributed by atoms with Crippen molar-refractivity contribution in [2.24, 2.45) is 0 Å². The van der Waals surface area contributed by atoms with Gasteiger partial charge in [0.1, 0.15) is 29.6 Å². The van der Waals surface area contributed by atoms with Gasteiger partial charge in [0.25, 0.3) is 0 Å². The molecular weight excluding hydrogens is 319 g/mol. The first-order chi connectivity index (χ1) is 12.2. The molecule has 0 spiro atoms. The van der Waals surface area contributed by atoms with Crippen molar-refractivity contribution in [3.05, 3.63) is 83.4 Å². The Balaban J connectivity index is 1.51. The summed E-state index contributed by atoms with van der Waals surface area (Å²) in [5.41, 5.74) is 2.17. The number of carbonyl (C=O) groups is 1. The molecule has 0 saturated heterocycles. The number of aryl methyl sites for hydroxylation is 1. The quantitative estimate of drug-likeness (QED) is 0.724. The second-order valence-corrected chi connectivity index (χ2v) is 6.10. The summed E-state index contributed by atoms with van der Waals surface area (Å²) in [6.07, 6.45) is 0.665. The van der Waals surface area contributed by atoms with Crippen LogP contribution in [0.15, 0.2) is 60.7 Å². The number of ether oxygens (including phenoxy) is 1. The van der Waals surface area contributed by atoms with E-state index < -0.39 is 0 Å². The molecule has 4 rings (SSSR count). The number of Topliss-reactive ketones (excluding diaryl/α,β-unsaturated/α-hetero) is 1. The molecule has 25 heavy (non-hydrogen) atoms. The highest BCUT2D eigenvalue weighted by atomic mass is 19.1. The maximum absolute atomic E-state index is 13.1. The van der Waals surface area contributed by atoms with Crippen LogP contribution in [0.25, 0.3) is 0 Å². The summed E-state index contributed by atoms with van der Waals surface area (Å²) in [7, 11) is 0. The molecule has 3 aromatic rings. The Kier molecular flexibility index (Phi) is 4.06. The normalized spacial score (nSPS) is 16.5. The van der Waals surface area contributed by atoms with Crippen molar-refractivity contribution in [1.29, 1.82) is 0 Å². The van der Waals surface area contributed by atoms with Crippen LogP contribution in [0, 0.1) is 5.82 Å². The van der Waals surface area contributed by atoms with E-state index in [1.807, 2.05) is 30.3 Å². The van der Waals surface area contributed by atoms with E-state index in [1.165, 1.54) is 12.1 Å². The van der Waals surface area contributed by atoms with Crippen molar-refractivity contribution in [3.63, 3.8) is 0 Å². The first-order valence-electron chi connectivity index (χ1n) is 8.25. The predicted octanol–water partition coefficient (Wildman–Crippen LogP) is 3.97. The van der Waals surface area contributed by atoms with Crippen LogP contribution in [0.3, 0.4) is 0 Å². The molecule has 2 aromatic carbocycles. The van der Waals surface area contributed by atoms with Crippen molar-refractivity contribution < 1.29 is 13.9 Å². The number of fused-ring (bicyclic) bond motifs is 1. The van der Waals surface area contributed by atoms with E-state index in [1.54, 1.807) is 22.9 Å². The number of halogens is 1. The van der Waals surface area contributed by atoms with Crippen molar-refractivity contribution in [3.8, 4) is 5.75 Å². The van der Waals surface area contributed by atoms with Crippen molar-refractivity contribution in [2.45, 2.75) is 25.5 Å². The third-order valence-corrected chi connectivity index (χ3v) is 4.43. The van der Waals surface area contributed by atoms with Gasteiger partial charge in [0.05, 0.1) is 5.92 Å². The fraction of sp³-hybridized carbons (Fsp3) is 0.200. The number of aromatic nitrogens is 2. The molecule has 1 atom stereocenters. The van der Waals surface area contributed by atoms with E-state index in [9.17, 15) is 9.18 Å². The molecule has 1 aliphatic heterocycles. The number of benzene rings is 2. The average molecular weight is 336 g/mol. The molecule has 0 fully saturated rings. The highest BCUT2D eigenvalue weighted by Crippen LogP contribution is 2.30. The number of hydrogen-bond donors (Lipinski definition) is 0. The Morgan fingerprint density at radius 3 is 2.64 bits per heavy atom. The van der Waals surface area contributed by atoms with E-state index in [4.69, 9.17) is 4.74 Å². The smallest absolute Gasteiger partial charge is 0.188 e. The second kappa shape index (κ2) is 6.51. The van der Waals surface area contributed by atoms with Gasteiger partial charge in [0.2, 0.25) is 0 Å². The molecule has 5 heteroatoms. The molecule has 0 aliphatic carbocycles. The van der Waals surface area contributed by atoms with Crippen LogP contribution < -0.4 is 4.74 Å². The molecule has 2 heterocycles. The van der Waals surface area contributed by atoms with Gasteiger partial charge in [0.15, 0.2) is 5.78 Å². The molecule has 1 aliphatic rings. The maximum atomic E-state index is 13.1. The maximum Gasteiger partial charge on any atom is 0.188 e. The Morgan fingerprint density at radius 1 is 1.12 bits per heavy atom. The number of para-hydroxylation sites is 1. The molecule has 4 nitrogen and oxygen atoms in total. The molecule has 1 aromatic heterocycles. The number of hydrogen-bond acceptors (Lipinski definition) is 3. The van der Waals surface area contributed by atoms with E-state index >= 15 is 0 Å². The summed E-state index contributed by atoms with van der Waals surface area (Å²) in [5.74, 6) is 0.255. The Hall–Kier alpha value is -2.95. The molecule has 1 unspecified atom stereocenters. The number of carbonyl (C=O) groups excluding carboxylic acids is 1. The molecule has 0 bridgehead atoms. The Morgan fingerprint density at radius 2 is 1.88 bits per heavy atom. The lowest BCUT2D eigenvalue weighted by Crippen LogP contribution is -2.25. The minimum atomic E-state index is -0.294. The molecule has 0 radical (unpaired) electrons. The van der Waals surface area contributed by atoms with Crippen LogP contribution in [0.1, 0.15) is 34.1 Å². The average Bonchev–Trinajstić information content (AvgIpc) is 3.06. The zero-order valence-electron chi connectivity index (χ0n) is 13.6. The molecule has 126 valence electrons. The first kappa shape index (κ1) is 15.6. The van der Waals surface area contributed by atoms with Crippen LogP contribution in [0.5, 0.6) is 5.75 Å². The van der Waals surface area contributed by atoms with Gasteiger partial charge >= 0.3 is 0 Å². The molecular formula is C20H17FN2O2. The van der Waals surface area contributed by atoms with E-state index in [2.05, 4.69) is 5.10 Å². The summed E-state index contributed by atoms with van der Waals surface area (Å²) >= 11 is 0. The van der Waals surface area contributed by atoms with Crippen LogP contribution in [-0.4, -0.2) is 15.6 Å². The second-order valence-electron chi connectivity index (χ2n) is 6.10. The highest BCUT2D eigenvalue weighted by Gasteiger charge is 2.30. The largest absolute Gasteiger partial charge is 0.487 e. The molecule has 0 N–H and O–H groups in total. The minimum Gasteiger partial charge on any atom is -0.487 e. The van der Waals surface area contributed by atoms with Gasteiger partial charge in [-0.1, -0.05) is 30.3 Å². The zero-order valence-corrected chi connectivity index (χ0v) is 13.6. The third-order valence-electron chi connectivity index (χ3n) is 4.43. The van der Waals surface area contributed by atoms with Crippen molar-refractivity contribution >= 4 is 5.78 Å². The Labute approximate surface area is 144 Å². The summed E-state index contributed by atoms with van der Waals surface area (Å²) in [6, 6.07) is 17.5. The third kappa shape index (κ3) is 3.18. The van der Waals surface area contributed by atoms with Crippen LogP contribution in [0.2, 0.25) is 0 Å². The lowest BCUT2D eigenvalue weighted by atomic mass is 9.88. The molecule has 0 saturated carbocycles. The van der Waals surface area contributed by atoms with Crippen molar-refractivity contribution in [1.82, 2.24) is 9.78 Å². The summed E-state index contributed by atoms with van der Waals surface area (Å²) in [6.45, 7) is 0.979. The van der Waals surface area contributed by atoms with Gasteiger partial charge in [-0.05, 0) is 42.3 Å². The lowest BCUT2D eigenvalue weighted by molar-refractivity contribution is 0.0922. The summed E-state index contributed by atoms with van der Waals surface area (Å²) in [5, 5.41) is 4.47. The van der Waals surface area contributed by atoms with Crippen molar-refractivity contribution in [2.75, 3.05) is 0 Å². The SMILES string of the molecule is O=C1c2cc(COc3ccccc3)nn2CCC1c1ccc(F)cc1. The fourth-order valence-electron chi connectivity index (χ4n) is 3.16. The van der Waals surface area contributed by atoms with E-state index in [-0.39, 0.29) is 17.5 Å². The van der Waals surface area contributed by atoms with Gasteiger partial charge in [0, 0.05) is 6.54 Å². The topological polar surface area (TPSA) is 44.1 Å². The van der Waals surface area contributed by atoms with Crippen LogP contribution in [-0.2, 0) is 13.2 Å². The minimum absolute atomic E-state index is 0.0244.